The topological polar surface area (TPSA) is 66.4 Å². The van der Waals surface area contributed by atoms with Crippen molar-refractivity contribution in [1.29, 1.82) is 0 Å². The number of hydrogen-bond donors (Lipinski definition) is 2. The molecule has 2 N–H and O–H groups in total. The molecule has 2 aromatic carbocycles. The Hall–Kier alpha value is -2.92. The number of thiophene rings is 1. The van der Waals surface area contributed by atoms with Crippen LogP contribution < -0.4 is 5.32 Å². The predicted molar refractivity (Wildman–Crippen MR) is 102 cm³/mol. The van der Waals surface area contributed by atoms with E-state index in [9.17, 15) is 14.7 Å². The van der Waals surface area contributed by atoms with Crippen LogP contribution in [0.2, 0.25) is 0 Å². The molecule has 1 heterocycles. The third-order valence-electron chi connectivity index (χ3n) is 4.01. The van der Waals surface area contributed by atoms with Crippen molar-refractivity contribution in [2.24, 2.45) is 0 Å². The van der Waals surface area contributed by atoms with Crippen LogP contribution in [0.4, 0.5) is 5.69 Å². The fraction of sp³-hybridized carbons (Fsp3) is 0.100. The summed E-state index contributed by atoms with van der Waals surface area (Å²) in [6, 6.07) is 13.0. The molecule has 0 aliphatic heterocycles. The molecule has 0 aliphatic rings. The van der Waals surface area contributed by atoms with E-state index in [4.69, 9.17) is 0 Å². The van der Waals surface area contributed by atoms with Gasteiger partial charge in [-0.3, -0.25) is 4.79 Å². The second-order valence-corrected chi connectivity index (χ2v) is 6.74. The van der Waals surface area contributed by atoms with Crippen molar-refractivity contribution in [2.45, 2.75) is 13.8 Å². The second-order valence-electron chi connectivity index (χ2n) is 5.79. The molecule has 126 valence electrons. The number of benzene rings is 2. The van der Waals surface area contributed by atoms with Gasteiger partial charge in [0.15, 0.2) is 0 Å². The number of allylic oxidation sites excluding steroid dienone is 1. The van der Waals surface area contributed by atoms with Crippen LogP contribution in [0.25, 0.3) is 15.7 Å². The third kappa shape index (κ3) is 3.61. The van der Waals surface area contributed by atoms with E-state index in [-0.39, 0.29) is 11.5 Å². The lowest BCUT2D eigenvalue weighted by molar-refractivity contribution is -0.111. The standard InChI is InChI=1S/C20H17NO3S/c1-12-4-3-5-16(20(23)24)19(12)21-18(22)10-13(2)15-7-6-14-8-9-25-17(14)11-15/h3-11H,1-2H3,(H,21,22)(H,23,24)/b13-10+. The zero-order chi connectivity index (χ0) is 18.0. The first-order valence-electron chi connectivity index (χ1n) is 7.75. The van der Waals surface area contributed by atoms with Crippen LogP contribution in [0.5, 0.6) is 0 Å². The number of hydrogen-bond acceptors (Lipinski definition) is 3. The zero-order valence-corrected chi connectivity index (χ0v) is 14.7. The Morgan fingerprint density at radius 2 is 1.96 bits per heavy atom. The molecule has 1 aromatic heterocycles. The van der Waals surface area contributed by atoms with Gasteiger partial charge < -0.3 is 10.4 Å². The van der Waals surface area contributed by atoms with Crippen LogP contribution in [0, 0.1) is 6.92 Å². The molecule has 0 aliphatic carbocycles. The number of aromatic carboxylic acids is 1. The molecule has 0 saturated carbocycles. The monoisotopic (exact) mass is 351 g/mol. The Kier molecular flexibility index (Phi) is 4.67. The van der Waals surface area contributed by atoms with Crippen molar-refractivity contribution in [3.63, 3.8) is 0 Å². The minimum atomic E-state index is -1.07. The first kappa shape index (κ1) is 16.9. The minimum absolute atomic E-state index is 0.0828. The Labute approximate surface area is 149 Å². The van der Waals surface area contributed by atoms with Crippen molar-refractivity contribution in [2.75, 3.05) is 5.32 Å². The average Bonchev–Trinajstić information content (AvgIpc) is 3.03. The number of carbonyl (C=O) groups excluding carboxylic acids is 1. The van der Waals surface area contributed by atoms with E-state index >= 15 is 0 Å². The quantitative estimate of drug-likeness (QED) is 0.654. The molecular weight excluding hydrogens is 334 g/mol. The van der Waals surface area contributed by atoms with Gasteiger partial charge in [-0.05, 0) is 59.5 Å². The summed E-state index contributed by atoms with van der Waals surface area (Å²) in [6.45, 7) is 3.63. The van der Waals surface area contributed by atoms with Gasteiger partial charge in [0.05, 0.1) is 11.3 Å². The first-order chi connectivity index (χ1) is 12.0. The Balaban J connectivity index is 1.86. The summed E-state index contributed by atoms with van der Waals surface area (Å²) in [5, 5.41) is 15.2. The number of aryl methyl sites for hydroxylation is 1. The van der Waals surface area contributed by atoms with Gasteiger partial charge in [-0.2, -0.15) is 0 Å². The maximum atomic E-state index is 12.4. The Morgan fingerprint density at radius 3 is 2.72 bits per heavy atom. The number of carbonyl (C=O) groups is 2. The lowest BCUT2D eigenvalue weighted by Crippen LogP contribution is -2.13. The molecule has 3 rings (SSSR count). The average molecular weight is 351 g/mol. The highest BCUT2D eigenvalue weighted by molar-refractivity contribution is 7.17. The summed E-state index contributed by atoms with van der Waals surface area (Å²) in [6.07, 6.45) is 1.49. The van der Waals surface area contributed by atoms with Crippen molar-refractivity contribution < 1.29 is 14.7 Å². The van der Waals surface area contributed by atoms with Crippen LogP contribution in [0.15, 0.2) is 53.9 Å². The van der Waals surface area contributed by atoms with Crippen molar-refractivity contribution in [1.82, 2.24) is 0 Å². The Bertz CT molecular complexity index is 1000. The number of carboxylic acid groups (broad SMARTS) is 1. The number of fused-ring (bicyclic) bond motifs is 1. The van der Waals surface area contributed by atoms with E-state index in [1.807, 2.05) is 24.4 Å². The van der Waals surface area contributed by atoms with E-state index in [1.54, 1.807) is 30.4 Å². The fourth-order valence-electron chi connectivity index (χ4n) is 2.65. The summed E-state index contributed by atoms with van der Waals surface area (Å²) in [5.74, 6) is -1.41. The Morgan fingerprint density at radius 1 is 1.16 bits per heavy atom. The van der Waals surface area contributed by atoms with Crippen molar-refractivity contribution in [3.8, 4) is 0 Å². The van der Waals surface area contributed by atoms with Gasteiger partial charge in [-0.1, -0.05) is 24.3 Å². The van der Waals surface area contributed by atoms with Gasteiger partial charge in [-0.15, -0.1) is 11.3 Å². The van der Waals surface area contributed by atoms with Crippen molar-refractivity contribution >= 4 is 44.6 Å². The highest BCUT2D eigenvalue weighted by Crippen LogP contribution is 2.26. The van der Waals surface area contributed by atoms with Gasteiger partial charge in [0.25, 0.3) is 0 Å². The molecule has 4 nitrogen and oxygen atoms in total. The smallest absolute Gasteiger partial charge is 0.337 e. The van der Waals surface area contributed by atoms with E-state index in [1.165, 1.54) is 17.5 Å². The summed E-state index contributed by atoms with van der Waals surface area (Å²) >= 11 is 1.65. The normalized spacial score (nSPS) is 11.5. The SMILES string of the molecule is C/C(=C\C(=O)Nc1c(C)cccc1C(=O)O)c1ccc2ccsc2c1. The molecular formula is C20H17NO3S. The number of carboxylic acids is 1. The van der Waals surface area contributed by atoms with Gasteiger partial charge in [0.1, 0.15) is 0 Å². The lowest BCUT2D eigenvalue weighted by atomic mass is 10.1. The number of amides is 1. The molecule has 25 heavy (non-hydrogen) atoms. The zero-order valence-electron chi connectivity index (χ0n) is 13.9. The summed E-state index contributed by atoms with van der Waals surface area (Å²) in [5.41, 5.74) is 2.91. The van der Waals surface area contributed by atoms with Crippen LogP contribution in [0.3, 0.4) is 0 Å². The van der Waals surface area contributed by atoms with Gasteiger partial charge in [0.2, 0.25) is 5.91 Å². The number of rotatable bonds is 4. The van der Waals surface area contributed by atoms with Crippen LogP contribution in [0.1, 0.15) is 28.4 Å². The molecule has 0 unspecified atom stereocenters. The number of anilines is 1. The van der Waals surface area contributed by atoms with Crippen LogP contribution >= 0.6 is 11.3 Å². The first-order valence-corrected chi connectivity index (χ1v) is 8.63. The van der Waals surface area contributed by atoms with E-state index < -0.39 is 5.97 Å². The molecule has 1 amide bonds. The fourth-order valence-corrected chi connectivity index (χ4v) is 3.48. The lowest BCUT2D eigenvalue weighted by Gasteiger charge is -2.10. The van der Waals surface area contributed by atoms with Crippen LogP contribution in [-0.4, -0.2) is 17.0 Å². The van der Waals surface area contributed by atoms with E-state index in [0.29, 0.717) is 11.3 Å². The third-order valence-corrected chi connectivity index (χ3v) is 4.89. The molecule has 0 fully saturated rings. The van der Waals surface area contributed by atoms with E-state index in [0.717, 1.165) is 15.8 Å². The summed E-state index contributed by atoms with van der Waals surface area (Å²) < 4.78 is 1.16. The predicted octanol–water partition coefficient (Wildman–Crippen LogP) is 4.95. The highest BCUT2D eigenvalue weighted by atomic mass is 32.1. The summed E-state index contributed by atoms with van der Waals surface area (Å²) in [7, 11) is 0. The maximum absolute atomic E-state index is 12.4. The van der Waals surface area contributed by atoms with Crippen molar-refractivity contribution in [3.05, 3.63) is 70.6 Å². The maximum Gasteiger partial charge on any atom is 0.337 e. The van der Waals surface area contributed by atoms with Gasteiger partial charge in [0, 0.05) is 10.8 Å². The molecule has 5 heteroatoms. The summed E-state index contributed by atoms with van der Waals surface area (Å²) in [4.78, 5) is 23.7. The highest BCUT2D eigenvalue weighted by Gasteiger charge is 2.13. The second kappa shape index (κ2) is 6.91. The number of para-hydroxylation sites is 1. The largest absolute Gasteiger partial charge is 0.478 e. The molecule has 0 radical (unpaired) electrons. The molecule has 3 aromatic rings. The number of nitrogens with one attached hydrogen (secondary N) is 1. The van der Waals surface area contributed by atoms with Gasteiger partial charge >= 0.3 is 5.97 Å². The molecule has 0 saturated heterocycles. The minimum Gasteiger partial charge on any atom is -0.478 e. The van der Waals surface area contributed by atoms with Crippen LogP contribution in [-0.2, 0) is 4.79 Å². The molecule has 0 spiro atoms. The van der Waals surface area contributed by atoms with Gasteiger partial charge in [-0.25, -0.2) is 4.79 Å². The molecule has 0 bridgehead atoms. The van der Waals surface area contributed by atoms with E-state index in [2.05, 4.69) is 17.4 Å². The molecule has 0 atom stereocenters.